The van der Waals surface area contributed by atoms with E-state index in [4.69, 9.17) is 17.1 Å². The van der Waals surface area contributed by atoms with Crippen LogP contribution >= 0.6 is 0 Å². The minimum absolute atomic E-state index is 0.144. The molecule has 0 N–H and O–H groups in total. The van der Waals surface area contributed by atoms with Gasteiger partial charge in [0.15, 0.2) is 0 Å². The van der Waals surface area contributed by atoms with Crippen LogP contribution in [0.1, 0.15) is 45.0 Å². The Balaban J connectivity index is 2.85. The zero-order valence-corrected chi connectivity index (χ0v) is 8.63. The molecule has 0 saturated carbocycles. The van der Waals surface area contributed by atoms with E-state index in [0.717, 1.165) is 0 Å². The highest BCUT2D eigenvalue weighted by molar-refractivity contribution is 5.27. The first-order valence-corrected chi connectivity index (χ1v) is 4.64. The molecule has 0 atom stereocenters. The molecule has 2 nitrogen and oxygen atoms in total. The third-order valence-electron chi connectivity index (χ3n) is 2.22. The minimum Gasteiger partial charge on any atom is -0.465 e. The third-order valence-corrected chi connectivity index (χ3v) is 2.22. The fourth-order valence-electron chi connectivity index (χ4n) is 1.39. The van der Waals surface area contributed by atoms with E-state index in [1.54, 1.807) is 13.8 Å². The van der Waals surface area contributed by atoms with Crippen molar-refractivity contribution in [1.82, 2.24) is 0 Å². The van der Waals surface area contributed by atoms with E-state index in [1.165, 1.54) is 24.3 Å². The summed E-state index contributed by atoms with van der Waals surface area (Å²) >= 11 is 0. The van der Waals surface area contributed by atoms with Gasteiger partial charge in [-0.3, -0.25) is 0 Å². The average molecular weight is 210 g/mol. The predicted octanol–water partition coefficient (Wildman–Crippen LogP) is 3.82. The van der Waals surface area contributed by atoms with Crippen molar-refractivity contribution in [1.29, 1.82) is 0 Å². The van der Waals surface area contributed by atoms with Crippen LogP contribution in [0.2, 0.25) is 0 Å². The number of furan rings is 2. The highest BCUT2D eigenvalue weighted by Gasteiger charge is 2.29. The molecule has 0 saturated heterocycles. The van der Waals surface area contributed by atoms with Crippen molar-refractivity contribution in [2.24, 2.45) is 0 Å². The second kappa shape index (κ2) is 3.30. The van der Waals surface area contributed by atoms with Gasteiger partial charge in [0.05, 0.1) is 5.41 Å². The lowest BCUT2D eigenvalue weighted by Crippen LogP contribution is -2.16. The molecule has 0 aliphatic rings. The van der Waals surface area contributed by atoms with Crippen LogP contribution in [-0.4, -0.2) is 0 Å². The van der Waals surface area contributed by atoms with Crippen molar-refractivity contribution >= 4 is 0 Å². The van der Waals surface area contributed by atoms with E-state index < -0.39 is 19.1 Å². The Morgan fingerprint density at radius 1 is 0.933 bits per heavy atom. The van der Waals surface area contributed by atoms with Gasteiger partial charge in [-0.2, -0.15) is 0 Å². The Bertz CT molecular complexity index is 575. The largest absolute Gasteiger partial charge is 0.465 e. The zero-order chi connectivity index (χ0) is 16.1. The van der Waals surface area contributed by atoms with Gasteiger partial charge < -0.3 is 8.83 Å². The van der Waals surface area contributed by atoms with Crippen LogP contribution in [0.25, 0.3) is 0 Å². The second-order valence-corrected chi connectivity index (χ2v) is 3.57. The lowest BCUT2D eigenvalue weighted by Gasteiger charge is -2.19. The molecule has 2 aromatic rings. The highest BCUT2D eigenvalue weighted by Crippen LogP contribution is 2.33. The van der Waals surface area contributed by atoms with Gasteiger partial charge in [0.25, 0.3) is 0 Å². The Morgan fingerprint density at radius 2 is 1.40 bits per heavy atom. The molecule has 0 aromatic carbocycles. The molecule has 2 rings (SSSR count). The second-order valence-electron chi connectivity index (χ2n) is 3.57. The van der Waals surface area contributed by atoms with E-state index in [2.05, 4.69) is 0 Å². The minimum atomic E-state index is -2.87. The van der Waals surface area contributed by atoms with Crippen LogP contribution in [0.3, 0.4) is 0 Å². The van der Waals surface area contributed by atoms with Gasteiger partial charge in [-0.15, -0.1) is 0 Å². The number of hydrogen-bond acceptors (Lipinski definition) is 2. The van der Waals surface area contributed by atoms with Gasteiger partial charge >= 0.3 is 0 Å². The molecule has 0 radical (unpaired) electrons. The number of rotatable bonds is 2. The van der Waals surface area contributed by atoms with Crippen LogP contribution in [0.15, 0.2) is 33.1 Å². The van der Waals surface area contributed by atoms with Crippen molar-refractivity contribution in [3.63, 3.8) is 0 Å². The summed E-state index contributed by atoms with van der Waals surface area (Å²) in [5, 5.41) is 0. The van der Waals surface area contributed by atoms with E-state index in [1.807, 2.05) is 0 Å². The average Bonchev–Trinajstić information content (AvgIpc) is 2.86. The highest BCUT2D eigenvalue weighted by atomic mass is 16.4. The summed E-state index contributed by atoms with van der Waals surface area (Å²) in [6.45, 7) is -2.49. The molecular formula is C13H16O2. The summed E-state index contributed by atoms with van der Waals surface area (Å²) in [7, 11) is 0. The SMILES string of the molecule is [2H]C([2H])([2H])C(c1ccc(C)o1)(c1ccc(C)o1)C([2H])([2H])[2H]. The maximum absolute atomic E-state index is 7.84. The Labute approximate surface area is 98.3 Å². The van der Waals surface area contributed by atoms with Crippen LogP contribution < -0.4 is 0 Å². The van der Waals surface area contributed by atoms with Gasteiger partial charge in [0.2, 0.25) is 0 Å². The topological polar surface area (TPSA) is 26.3 Å². The molecular weight excluding hydrogens is 188 g/mol. The van der Waals surface area contributed by atoms with Crippen LogP contribution in [-0.2, 0) is 5.41 Å². The first-order valence-electron chi connectivity index (χ1n) is 7.64. The smallest absolute Gasteiger partial charge is 0.117 e. The van der Waals surface area contributed by atoms with Gasteiger partial charge in [0, 0.05) is 8.22 Å². The Hall–Kier alpha value is -1.44. The quantitative estimate of drug-likeness (QED) is 0.753. The molecule has 0 spiro atoms. The van der Waals surface area contributed by atoms with E-state index in [0.29, 0.717) is 11.5 Å². The fourth-order valence-corrected chi connectivity index (χ4v) is 1.39. The molecule has 0 aliphatic heterocycles. The molecule has 2 heteroatoms. The number of aryl methyl sites for hydroxylation is 2. The van der Waals surface area contributed by atoms with Crippen LogP contribution in [0.4, 0.5) is 0 Å². The van der Waals surface area contributed by atoms with Crippen molar-refractivity contribution in [2.75, 3.05) is 0 Å². The molecule has 0 bridgehead atoms. The summed E-state index contributed by atoms with van der Waals surface area (Å²) in [6.07, 6.45) is 0. The summed E-state index contributed by atoms with van der Waals surface area (Å²) in [5.74, 6) is 0.584. The molecule has 2 heterocycles. The summed E-state index contributed by atoms with van der Waals surface area (Å²) < 4.78 is 57.8. The van der Waals surface area contributed by atoms with Gasteiger partial charge in [0.1, 0.15) is 23.0 Å². The lowest BCUT2D eigenvalue weighted by atomic mass is 9.87. The number of hydrogen-bond donors (Lipinski definition) is 0. The van der Waals surface area contributed by atoms with Crippen LogP contribution in [0.5, 0.6) is 0 Å². The molecule has 0 fully saturated rings. The summed E-state index contributed by atoms with van der Waals surface area (Å²) in [5.41, 5.74) is -2.33. The maximum atomic E-state index is 7.84. The van der Waals surface area contributed by atoms with Crippen molar-refractivity contribution in [2.45, 2.75) is 33.0 Å². The molecule has 80 valence electrons. The first kappa shape index (κ1) is 5.06. The third kappa shape index (κ3) is 1.72. The summed E-state index contributed by atoms with van der Waals surface area (Å²) in [6, 6.07) is 5.84. The molecule has 15 heavy (non-hydrogen) atoms. The van der Waals surface area contributed by atoms with E-state index >= 15 is 0 Å². The van der Waals surface area contributed by atoms with Gasteiger partial charge in [-0.1, -0.05) is 0 Å². The van der Waals surface area contributed by atoms with Gasteiger partial charge in [-0.05, 0) is 51.8 Å². The van der Waals surface area contributed by atoms with Crippen LogP contribution in [0, 0.1) is 13.8 Å². The lowest BCUT2D eigenvalue weighted by molar-refractivity contribution is 0.350. The zero-order valence-electron chi connectivity index (χ0n) is 14.6. The molecule has 2 aromatic heterocycles. The summed E-state index contributed by atoms with van der Waals surface area (Å²) in [4.78, 5) is 0. The predicted molar refractivity (Wildman–Crippen MR) is 59.0 cm³/mol. The monoisotopic (exact) mass is 210 g/mol. The molecule has 0 amide bonds. The fraction of sp³-hybridized carbons (Fsp3) is 0.385. The van der Waals surface area contributed by atoms with Crippen molar-refractivity contribution < 1.29 is 17.1 Å². The molecule has 0 aliphatic carbocycles. The van der Waals surface area contributed by atoms with Crippen molar-refractivity contribution in [3.8, 4) is 0 Å². The van der Waals surface area contributed by atoms with Crippen molar-refractivity contribution in [3.05, 3.63) is 47.3 Å². The van der Waals surface area contributed by atoms with E-state index in [-0.39, 0.29) is 11.5 Å². The molecule has 0 unspecified atom stereocenters. The standard InChI is InChI=1S/C13H16O2/c1-9-5-7-11(14-9)13(3,4)12-8-6-10(2)15-12/h5-8H,1-4H3/i3D3,4D3. The first-order chi connectivity index (χ1) is 9.50. The van der Waals surface area contributed by atoms with E-state index in [9.17, 15) is 0 Å². The Kier molecular flexibility index (Phi) is 1.11. The van der Waals surface area contributed by atoms with Gasteiger partial charge in [-0.25, -0.2) is 0 Å². The Morgan fingerprint density at radius 3 is 1.67 bits per heavy atom. The maximum Gasteiger partial charge on any atom is 0.117 e. The normalized spacial score (nSPS) is 19.6.